The van der Waals surface area contributed by atoms with Gasteiger partial charge in [0.05, 0.1) is 12.2 Å². The first-order valence-corrected chi connectivity index (χ1v) is 10.3. The summed E-state index contributed by atoms with van der Waals surface area (Å²) in [5, 5.41) is 18.9. The fourth-order valence-corrected chi connectivity index (χ4v) is 4.15. The van der Waals surface area contributed by atoms with E-state index in [9.17, 15) is 14.3 Å². The normalized spacial score (nSPS) is 27.1. The number of aliphatic hydroxyl groups is 1. The van der Waals surface area contributed by atoms with Crippen LogP contribution in [-0.2, 0) is 9.53 Å². The summed E-state index contributed by atoms with van der Waals surface area (Å²) in [7, 11) is 0. The summed E-state index contributed by atoms with van der Waals surface area (Å²) in [6.07, 6.45) is 12.3. The number of benzene rings is 1. The number of fused-ring (bicyclic) bond motifs is 2. The Labute approximate surface area is 170 Å². The summed E-state index contributed by atoms with van der Waals surface area (Å²) in [6.45, 7) is 0.109. The van der Waals surface area contributed by atoms with Crippen molar-refractivity contribution in [3.63, 3.8) is 0 Å². The summed E-state index contributed by atoms with van der Waals surface area (Å²) in [5.41, 5.74) is 0. The summed E-state index contributed by atoms with van der Waals surface area (Å²) in [6, 6.07) is 5.72. The lowest BCUT2D eigenvalue weighted by atomic mass is 9.77. The zero-order valence-electron chi connectivity index (χ0n) is 16.5. The number of aliphatic carboxylic acids is 1. The van der Waals surface area contributed by atoms with Crippen molar-refractivity contribution in [2.45, 2.75) is 56.8 Å². The zero-order valence-corrected chi connectivity index (χ0v) is 16.5. The van der Waals surface area contributed by atoms with Gasteiger partial charge in [-0.05, 0) is 62.3 Å². The Morgan fingerprint density at radius 2 is 2.00 bits per heavy atom. The molecular formula is C23H29FO5. The first-order chi connectivity index (χ1) is 14.0. The van der Waals surface area contributed by atoms with E-state index < -0.39 is 12.1 Å². The lowest BCUT2D eigenvalue weighted by Gasteiger charge is -2.25. The highest BCUT2D eigenvalue weighted by atomic mass is 19.1. The van der Waals surface area contributed by atoms with Crippen molar-refractivity contribution in [2.24, 2.45) is 11.8 Å². The second-order valence-corrected chi connectivity index (χ2v) is 7.74. The molecule has 2 aliphatic heterocycles. The highest BCUT2D eigenvalue weighted by Crippen LogP contribution is 2.45. The van der Waals surface area contributed by atoms with E-state index in [0.29, 0.717) is 18.1 Å². The summed E-state index contributed by atoms with van der Waals surface area (Å²) in [4.78, 5) is 10.5. The average Bonchev–Trinajstić information content (AvgIpc) is 3.30. The minimum Gasteiger partial charge on any atom is -0.491 e. The lowest BCUT2D eigenvalue weighted by Crippen LogP contribution is -2.26. The second-order valence-electron chi connectivity index (χ2n) is 7.74. The third-order valence-corrected chi connectivity index (χ3v) is 5.61. The predicted molar refractivity (Wildman–Crippen MR) is 107 cm³/mol. The number of rotatable bonds is 11. The van der Waals surface area contributed by atoms with Crippen molar-refractivity contribution in [1.29, 1.82) is 0 Å². The van der Waals surface area contributed by atoms with Crippen molar-refractivity contribution in [3.05, 3.63) is 54.4 Å². The van der Waals surface area contributed by atoms with Crippen LogP contribution < -0.4 is 4.74 Å². The minimum atomic E-state index is -0.757. The van der Waals surface area contributed by atoms with Gasteiger partial charge in [-0.2, -0.15) is 0 Å². The van der Waals surface area contributed by atoms with Crippen LogP contribution in [0.5, 0.6) is 5.75 Å². The third kappa shape index (κ3) is 6.41. The number of halogens is 1. The highest BCUT2D eigenvalue weighted by molar-refractivity contribution is 5.66. The molecule has 2 saturated heterocycles. The van der Waals surface area contributed by atoms with Gasteiger partial charge in [0.15, 0.2) is 0 Å². The number of allylic oxidation sites excluding steroid dienone is 2. The Kier molecular flexibility index (Phi) is 7.83. The Morgan fingerprint density at radius 1 is 1.24 bits per heavy atom. The van der Waals surface area contributed by atoms with Gasteiger partial charge in [-0.1, -0.05) is 24.3 Å². The van der Waals surface area contributed by atoms with Crippen LogP contribution in [0.3, 0.4) is 0 Å². The number of aliphatic hydroxyl groups excluding tert-OH is 1. The molecule has 0 radical (unpaired) electrons. The molecule has 2 fully saturated rings. The van der Waals surface area contributed by atoms with Crippen LogP contribution >= 0.6 is 0 Å². The molecule has 1 unspecified atom stereocenters. The van der Waals surface area contributed by atoms with E-state index in [0.717, 1.165) is 25.7 Å². The molecule has 2 aliphatic rings. The summed E-state index contributed by atoms with van der Waals surface area (Å²) >= 11 is 0. The molecule has 0 amide bonds. The largest absolute Gasteiger partial charge is 0.491 e. The molecular weight excluding hydrogens is 375 g/mol. The van der Waals surface area contributed by atoms with Crippen LogP contribution in [0.1, 0.15) is 38.5 Å². The lowest BCUT2D eigenvalue weighted by molar-refractivity contribution is -0.137. The number of hydrogen-bond donors (Lipinski definition) is 2. The molecule has 0 spiro atoms. The molecule has 1 aromatic rings. The summed E-state index contributed by atoms with van der Waals surface area (Å²) in [5.74, 6) is 0.0833. The Balaban J connectivity index is 1.46. The predicted octanol–water partition coefficient (Wildman–Crippen LogP) is 4.12. The van der Waals surface area contributed by atoms with Crippen LogP contribution in [0.25, 0.3) is 0 Å². The number of unbranched alkanes of at least 4 members (excludes halogenated alkanes) is 1. The van der Waals surface area contributed by atoms with Crippen molar-refractivity contribution in [1.82, 2.24) is 0 Å². The summed E-state index contributed by atoms with van der Waals surface area (Å²) < 4.78 is 24.5. The van der Waals surface area contributed by atoms with Crippen molar-refractivity contribution in [2.75, 3.05) is 6.61 Å². The molecule has 5 atom stereocenters. The fraction of sp³-hybridized carbons (Fsp3) is 0.522. The average molecular weight is 404 g/mol. The van der Waals surface area contributed by atoms with Crippen LogP contribution in [0, 0.1) is 17.7 Å². The number of hydrogen-bond acceptors (Lipinski definition) is 4. The second kappa shape index (κ2) is 10.6. The van der Waals surface area contributed by atoms with E-state index >= 15 is 0 Å². The smallest absolute Gasteiger partial charge is 0.303 e. The van der Waals surface area contributed by atoms with Crippen LogP contribution in [-0.4, -0.2) is 41.1 Å². The first-order valence-electron chi connectivity index (χ1n) is 10.3. The highest BCUT2D eigenvalue weighted by Gasteiger charge is 2.46. The Hall–Kier alpha value is -2.18. The van der Waals surface area contributed by atoms with Gasteiger partial charge in [0, 0.05) is 12.3 Å². The third-order valence-electron chi connectivity index (χ3n) is 5.61. The van der Waals surface area contributed by atoms with Gasteiger partial charge in [-0.25, -0.2) is 4.39 Å². The maximum atomic E-state index is 12.9. The molecule has 158 valence electrons. The maximum Gasteiger partial charge on any atom is 0.303 e. The molecule has 2 N–H and O–H groups in total. The van der Waals surface area contributed by atoms with E-state index in [-0.39, 0.29) is 37.0 Å². The molecule has 3 rings (SSSR count). The SMILES string of the molecule is O=C(O)CCC/C=C\C[C@H]1[C@H](/C=C/C(O)COc2ccc(F)cc2)[C@@H]2CC[C@H]1O2. The van der Waals surface area contributed by atoms with Crippen LogP contribution in [0.2, 0.25) is 0 Å². The Bertz CT molecular complexity index is 714. The standard InChI is InChI=1S/C23H29FO5/c24-16-7-10-18(11-8-16)28-15-17(25)9-12-20-19(21-13-14-22(20)29-21)5-3-1-2-4-6-23(26)27/h1,3,7-12,17,19-22,25H,2,4-6,13-15H2,(H,26,27)/b3-1-,12-9+/t17?,19-,20-,21+,22-/m0/s1. The van der Waals surface area contributed by atoms with Gasteiger partial charge in [0.2, 0.25) is 0 Å². The van der Waals surface area contributed by atoms with Gasteiger partial charge in [-0.3, -0.25) is 4.79 Å². The van der Waals surface area contributed by atoms with E-state index in [1.54, 1.807) is 6.08 Å². The Morgan fingerprint density at radius 3 is 2.76 bits per heavy atom. The van der Waals surface area contributed by atoms with Crippen LogP contribution in [0.15, 0.2) is 48.6 Å². The topological polar surface area (TPSA) is 76.0 Å². The fourth-order valence-electron chi connectivity index (χ4n) is 4.15. The van der Waals surface area contributed by atoms with Crippen molar-refractivity contribution in [3.8, 4) is 5.75 Å². The van der Waals surface area contributed by atoms with E-state index in [2.05, 4.69) is 12.2 Å². The van der Waals surface area contributed by atoms with Gasteiger partial charge in [0.25, 0.3) is 0 Å². The molecule has 0 aromatic heterocycles. The molecule has 1 aromatic carbocycles. The minimum absolute atomic E-state index is 0.109. The van der Waals surface area contributed by atoms with Gasteiger partial charge in [0.1, 0.15) is 24.3 Å². The first kappa shape index (κ1) is 21.5. The van der Waals surface area contributed by atoms with E-state index in [1.165, 1.54) is 24.3 Å². The molecule has 0 aliphatic carbocycles. The zero-order chi connectivity index (χ0) is 20.6. The number of carbonyl (C=O) groups is 1. The monoisotopic (exact) mass is 404 g/mol. The molecule has 2 heterocycles. The number of carboxylic acids is 1. The molecule has 5 nitrogen and oxygen atoms in total. The number of ether oxygens (including phenoxy) is 2. The van der Waals surface area contributed by atoms with E-state index in [4.69, 9.17) is 14.6 Å². The van der Waals surface area contributed by atoms with Crippen molar-refractivity contribution >= 4 is 5.97 Å². The molecule has 29 heavy (non-hydrogen) atoms. The van der Waals surface area contributed by atoms with Gasteiger partial charge in [-0.15, -0.1) is 0 Å². The number of carboxylic acid groups (broad SMARTS) is 1. The molecule has 0 saturated carbocycles. The van der Waals surface area contributed by atoms with Crippen LogP contribution in [0.4, 0.5) is 4.39 Å². The van der Waals surface area contributed by atoms with E-state index in [1.807, 2.05) is 6.08 Å². The molecule has 6 heteroatoms. The van der Waals surface area contributed by atoms with Gasteiger partial charge < -0.3 is 19.7 Å². The van der Waals surface area contributed by atoms with Gasteiger partial charge >= 0.3 is 5.97 Å². The molecule has 2 bridgehead atoms. The van der Waals surface area contributed by atoms with Crippen molar-refractivity contribution < 1.29 is 28.9 Å². The maximum absolute atomic E-state index is 12.9. The quantitative estimate of drug-likeness (QED) is 0.429.